The monoisotopic (exact) mass is 261 g/mol. The van der Waals surface area contributed by atoms with E-state index in [1.54, 1.807) is 0 Å². The number of hydrogen-bond acceptors (Lipinski definition) is 2. The van der Waals surface area contributed by atoms with Gasteiger partial charge in [0, 0.05) is 6.04 Å². The zero-order valence-corrected chi connectivity index (χ0v) is 12.3. The second-order valence-corrected chi connectivity index (χ2v) is 5.56. The van der Waals surface area contributed by atoms with Crippen LogP contribution in [-0.2, 0) is 11.3 Å². The van der Waals surface area contributed by atoms with Crippen LogP contribution in [0.15, 0.2) is 24.3 Å². The van der Waals surface area contributed by atoms with E-state index in [4.69, 9.17) is 4.74 Å². The Morgan fingerprint density at radius 1 is 1.21 bits per heavy atom. The highest BCUT2D eigenvalue weighted by Gasteiger charge is 2.22. The molecule has 0 saturated heterocycles. The van der Waals surface area contributed by atoms with E-state index in [1.807, 2.05) is 0 Å². The summed E-state index contributed by atoms with van der Waals surface area (Å²) in [5.41, 5.74) is 2.78. The molecule has 2 rings (SSSR count). The minimum atomic E-state index is 0.373. The van der Waals surface area contributed by atoms with E-state index in [-0.39, 0.29) is 0 Å². The van der Waals surface area contributed by atoms with Crippen molar-refractivity contribution in [1.29, 1.82) is 0 Å². The van der Waals surface area contributed by atoms with E-state index in [0.717, 1.165) is 13.2 Å². The summed E-state index contributed by atoms with van der Waals surface area (Å²) < 4.78 is 5.73. The third-order valence-corrected chi connectivity index (χ3v) is 3.95. The molecule has 0 fully saturated rings. The topological polar surface area (TPSA) is 21.3 Å². The van der Waals surface area contributed by atoms with Gasteiger partial charge in [0.1, 0.15) is 0 Å². The van der Waals surface area contributed by atoms with Crippen LogP contribution in [0.4, 0.5) is 0 Å². The third-order valence-electron chi connectivity index (χ3n) is 3.95. The minimum absolute atomic E-state index is 0.373. The van der Waals surface area contributed by atoms with Gasteiger partial charge in [-0.05, 0) is 24.0 Å². The molecule has 2 nitrogen and oxygen atoms in total. The quantitative estimate of drug-likeness (QED) is 0.794. The van der Waals surface area contributed by atoms with E-state index in [2.05, 4.69) is 43.4 Å². The lowest BCUT2D eigenvalue weighted by atomic mass is 9.96. The van der Waals surface area contributed by atoms with Crippen LogP contribution >= 0.6 is 0 Å². The van der Waals surface area contributed by atoms with Gasteiger partial charge in [0.25, 0.3) is 0 Å². The van der Waals surface area contributed by atoms with Crippen LogP contribution in [-0.4, -0.2) is 12.6 Å². The lowest BCUT2D eigenvalue weighted by molar-refractivity contribution is 0.0773. The molecule has 106 valence electrons. The average molecular weight is 261 g/mol. The molecule has 0 spiro atoms. The van der Waals surface area contributed by atoms with Gasteiger partial charge in [-0.3, -0.25) is 0 Å². The van der Waals surface area contributed by atoms with Gasteiger partial charge in [-0.25, -0.2) is 0 Å². The van der Waals surface area contributed by atoms with Gasteiger partial charge in [-0.15, -0.1) is 0 Å². The molecule has 0 radical (unpaired) electrons. The molecule has 2 atom stereocenters. The molecule has 1 N–H and O–H groups in total. The number of benzene rings is 1. The van der Waals surface area contributed by atoms with Crippen LogP contribution in [0.3, 0.4) is 0 Å². The Kier molecular flexibility index (Phi) is 5.87. The molecule has 0 amide bonds. The van der Waals surface area contributed by atoms with Gasteiger partial charge in [0.05, 0.1) is 19.3 Å². The summed E-state index contributed by atoms with van der Waals surface area (Å²) in [4.78, 5) is 0. The SMILES string of the molecule is CCCCC(CCC)NC1COCc2ccccc21. The zero-order chi connectivity index (χ0) is 13.5. The maximum absolute atomic E-state index is 5.73. The predicted molar refractivity (Wildman–Crippen MR) is 80.2 cm³/mol. The minimum Gasteiger partial charge on any atom is -0.375 e. The van der Waals surface area contributed by atoms with Crippen LogP contribution in [0.5, 0.6) is 0 Å². The third kappa shape index (κ3) is 4.05. The smallest absolute Gasteiger partial charge is 0.0721 e. The van der Waals surface area contributed by atoms with Gasteiger partial charge < -0.3 is 10.1 Å². The molecule has 1 aliphatic heterocycles. The number of rotatable bonds is 7. The van der Waals surface area contributed by atoms with Crippen LogP contribution in [0.1, 0.15) is 63.1 Å². The zero-order valence-electron chi connectivity index (χ0n) is 12.3. The summed E-state index contributed by atoms with van der Waals surface area (Å²) in [5, 5.41) is 3.82. The highest BCUT2D eigenvalue weighted by molar-refractivity contribution is 5.31. The van der Waals surface area contributed by atoms with Crippen LogP contribution in [0, 0.1) is 0 Å². The lowest BCUT2D eigenvalue weighted by Gasteiger charge is -2.30. The Labute approximate surface area is 117 Å². The molecule has 1 aromatic carbocycles. The van der Waals surface area contributed by atoms with Gasteiger partial charge in [-0.1, -0.05) is 57.4 Å². The Morgan fingerprint density at radius 2 is 2.05 bits per heavy atom. The highest BCUT2D eigenvalue weighted by Crippen LogP contribution is 2.25. The number of nitrogens with one attached hydrogen (secondary N) is 1. The molecule has 0 aliphatic carbocycles. The van der Waals surface area contributed by atoms with E-state index >= 15 is 0 Å². The molecule has 2 heteroatoms. The number of fused-ring (bicyclic) bond motifs is 1. The number of hydrogen-bond donors (Lipinski definition) is 1. The van der Waals surface area contributed by atoms with Gasteiger partial charge in [-0.2, -0.15) is 0 Å². The molecule has 0 aromatic heterocycles. The molecule has 1 aromatic rings. The summed E-state index contributed by atoms with van der Waals surface area (Å²) in [6.07, 6.45) is 6.38. The molecule has 0 saturated carbocycles. The molecule has 2 unspecified atom stereocenters. The second-order valence-electron chi connectivity index (χ2n) is 5.56. The predicted octanol–water partition coefficient (Wildman–Crippen LogP) is 4.21. The highest BCUT2D eigenvalue weighted by atomic mass is 16.5. The summed E-state index contributed by atoms with van der Waals surface area (Å²) >= 11 is 0. The first kappa shape index (κ1) is 14.5. The largest absolute Gasteiger partial charge is 0.375 e. The molecule has 1 aliphatic rings. The van der Waals surface area contributed by atoms with Gasteiger partial charge in [0.15, 0.2) is 0 Å². The van der Waals surface area contributed by atoms with E-state index in [0.29, 0.717) is 12.1 Å². The first-order chi connectivity index (χ1) is 9.35. The normalized spacial score (nSPS) is 20.0. The average Bonchev–Trinajstić information content (AvgIpc) is 2.45. The summed E-state index contributed by atoms with van der Waals surface area (Å²) in [6.45, 7) is 6.11. The lowest BCUT2D eigenvalue weighted by Crippen LogP contribution is -2.37. The van der Waals surface area contributed by atoms with Crippen molar-refractivity contribution in [1.82, 2.24) is 5.32 Å². The van der Waals surface area contributed by atoms with E-state index < -0.39 is 0 Å². The summed E-state index contributed by atoms with van der Waals surface area (Å²) in [7, 11) is 0. The van der Waals surface area contributed by atoms with Crippen molar-refractivity contribution in [3.8, 4) is 0 Å². The number of unbranched alkanes of at least 4 members (excludes halogenated alkanes) is 1. The van der Waals surface area contributed by atoms with Gasteiger partial charge >= 0.3 is 0 Å². The fourth-order valence-corrected chi connectivity index (χ4v) is 2.91. The maximum atomic E-state index is 5.73. The molecular weight excluding hydrogens is 234 g/mol. The first-order valence-corrected chi connectivity index (χ1v) is 7.76. The van der Waals surface area contributed by atoms with Crippen molar-refractivity contribution in [2.45, 2.75) is 64.6 Å². The van der Waals surface area contributed by atoms with Crippen molar-refractivity contribution >= 4 is 0 Å². The second kappa shape index (κ2) is 7.66. The standard InChI is InChI=1S/C17H27NO/c1-3-5-10-15(8-4-2)18-17-13-19-12-14-9-6-7-11-16(14)17/h6-7,9,11,15,17-18H,3-5,8,10,12-13H2,1-2H3. The summed E-state index contributed by atoms with van der Waals surface area (Å²) in [5.74, 6) is 0. The van der Waals surface area contributed by atoms with Crippen LogP contribution in [0.2, 0.25) is 0 Å². The molecular formula is C17H27NO. The Balaban J connectivity index is 2.01. The summed E-state index contributed by atoms with van der Waals surface area (Å²) in [6, 6.07) is 9.68. The van der Waals surface area contributed by atoms with E-state index in [1.165, 1.54) is 43.2 Å². The van der Waals surface area contributed by atoms with Crippen molar-refractivity contribution in [3.63, 3.8) is 0 Å². The fourth-order valence-electron chi connectivity index (χ4n) is 2.91. The first-order valence-electron chi connectivity index (χ1n) is 7.76. The van der Waals surface area contributed by atoms with Crippen molar-refractivity contribution in [3.05, 3.63) is 35.4 Å². The molecule has 1 heterocycles. The maximum Gasteiger partial charge on any atom is 0.0721 e. The Hall–Kier alpha value is -0.860. The van der Waals surface area contributed by atoms with Gasteiger partial charge in [0.2, 0.25) is 0 Å². The molecule has 19 heavy (non-hydrogen) atoms. The molecule has 0 bridgehead atoms. The van der Waals surface area contributed by atoms with Crippen molar-refractivity contribution < 1.29 is 4.74 Å². The number of ether oxygens (including phenoxy) is 1. The van der Waals surface area contributed by atoms with Crippen LogP contribution in [0.25, 0.3) is 0 Å². The van der Waals surface area contributed by atoms with Crippen LogP contribution < -0.4 is 5.32 Å². The Morgan fingerprint density at radius 3 is 2.84 bits per heavy atom. The van der Waals surface area contributed by atoms with E-state index in [9.17, 15) is 0 Å². The Bertz CT molecular complexity index is 377. The van der Waals surface area contributed by atoms with Crippen molar-refractivity contribution in [2.24, 2.45) is 0 Å². The fraction of sp³-hybridized carbons (Fsp3) is 0.647. The van der Waals surface area contributed by atoms with Crippen molar-refractivity contribution in [2.75, 3.05) is 6.61 Å².